The molecule has 1 aromatic carbocycles. The Morgan fingerprint density at radius 3 is 2.95 bits per heavy atom. The van der Waals surface area contributed by atoms with Crippen molar-refractivity contribution in [3.63, 3.8) is 0 Å². The molecule has 0 saturated carbocycles. The van der Waals surface area contributed by atoms with Gasteiger partial charge in [0.25, 0.3) is 0 Å². The first kappa shape index (κ1) is 10.9. The van der Waals surface area contributed by atoms with E-state index in [0.29, 0.717) is 0 Å². The molecule has 0 radical (unpaired) electrons. The van der Waals surface area contributed by atoms with Gasteiger partial charge < -0.3 is 13.9 Å². The summed E-state index contributed by atoms with van der Waals surface area (Å²) in [7, 11) is 0. The van der Waals surface area contributed by atoms with E-state index in [2.05, 4.69) is 20.9 Å². The summed E-state index contributed by atoms with van der Waals surface area (Å²) in [5.41, 5.74) is 2.82. The highest BCUT2D eigenvalue weighted by Gasteiger charge is 2.15. The van der Waals surface area contributed by atoms with Gasteiger partial charge in [-0.3, -0.25) is 0 Å². The number of imidazole rings is 1. The Hall–Kier alpha value is -2.01. The van der Waals surface area contributed by atoms with Crippen molar-refractivity contribution >= 4 is 21.6 Å². The molecule has 1 aliphatic rings. The number of halogens is 1. The van der Waals surface area contributed by atoms with Crippen LogP contribution in [0.1, 0.15) is 0 Å². The van der Waals surface area contributed by atoms with Crippen LogP contribution >= 0.6 is 15.9 Å². The molecular weight excluding hydrogens is 308 g/mol. The maximum absolute atomic E-state index is 5.39. The third kappa shape index (κ3) is 1.69. The lowest BCUT2D eigenvalue weighted by molar-refractivity contribution is 0.174. The number of nitrogens with zero attached hydrogens (tertiary/aromatic N) is 2. The van der Waals surface area contributed by atoms with Gasteiger partial charge in [0.1, 0.15) is 0 Å². The topological polar surface area (TPSA) is 35.8 Å². The van der Waals surface area contributed by atoms with Crippen LogP contribution in [0.5, 0.6) is 11.5 Å². The molecule has 5 heteroatoms. The van der Waals surface area contributed by atoms with Crippen LogP contribution in [0.3, 0.4) is 0 Å². The standard InChI is InChI=1S/C14H9BrN2O2/c15-10-2-1-5-17-7-11(16-14(10)17)9-3-4-12-13(6-9)19-8-18-12/h1-7H,8H2. The van der Waals surface area contributed by atoms with Crippen molar-refractivity contribution in [2.24, 2.45) is 0 Å². The van der Waals surface area contributed by atoms with Gasteiger partial charge in [0.2, 0.25) is 6.79 Å². The van der Waals surface area contributed by atoms with Gasteiger partial charge in [-0.05, 0) is 46.3 Å². The van der Waals surface area contributed by atoms with Crippen LogP contribution in [-0.4, -0.2) is 16.2 Å². The molecule has 0 N–H and O–H groups in total. The molecule has 3 aromatic rings. The minimum atomic E-state index is 0.287. The Morgan fingerprint density at radius 2 is 2.05 bits per heavy atom. The number of rotatable bonds is 1. The lowest BCUT2D eigenvalue weighted by Gasteiger charge is -1.98. The Kier molecular flexibility index (Phi) is 2.29. The first-order chi connectivity index (χ1) is 9.31. The molecular formula is C14H9BrN2O2. The molecule has 4 nitrogen and oxygen atoms in total. The van der Waals surface area contributed by atoms with Crippen molar-refractivity contribution in [1.82, 2.24) is 9.38 Å². The molecule has 0 saturated heterocycles. The van der Waals surface area contributed by atoms with E-state index in [9.17, 15) is 0 Å². The van der Waals surface area contributed by atoms with Crippen molar-refractivity contribution in [3.05, 3.63) is 47.2 Å². The summed E-state index contributed by atoms with van der Waals surface area (Å²) in [6.45, 7) is 0.287. The average molecular weight is 317 g/mol. The number of hydrogen-bond donors (Lipinski definition) is 0. The first-order valence-electron chi connectivity index (χ1n) is 5.84. The third-order valence-corrected chi connectivity index (χ3v) is 3.72. The smallest absolute Gasteiger partial charge is 0.231 e. The quantitative estimate of drug-likeness (QED) is 0.689. The normalized spacial score (nSPS) is 13.1. The van der Waals surface area contributed by atoms with Gasteiger partial charge in [-0.25, -0.2) is 4.98 Å². The van der Waals surface area contributed by atoms with Crippen molar-refractivity contribution in [3.8, 4) is 22.8 Å². The van der Waals surface area contributed by atoms with Crippen LogP contribution < -0.4 is 9.47 Å². The zero-order valence-corrected chi connectivity index (χ0v) is 11.4. The fraction of sp³-hybridized carbons (Fsp3) is 0.0714. The molecule has 1 aliphatic heterocycles. The number of ether oxygens (including phenoxy) is 2. The molecule has 0 amide bonds. The average Bonchev–Trinajstić information content (AvgIpc) is 3.04. The fourth-order valence-electron chi connectivity index (χ4n) is 2.17. The maximum atomic E-state index is 5.39. The summed E-state index contributed by atoms with van der Waals surface area (Å²) in [4.78, 5) is 4.63. The third-order valence-electron chi connectivity index (χ3n) is 3.10. The molecule has 4 rings (SSSR count). The van der Waals surface area contributed by atoms with Gasteiger partial charge in [0.05, 0.1) is 10.2 Å². The molecule has 19 heavy (non-hydrogen) atoms. The Morgan fingerprint density at radius 1 is 1.16 bits per heavy atom. The van der Waals surface area contributed by atoms with Crippen LogP contribution in [0.2, 0.25) is 0 Å². The van der Waals surface area contributed by atoms with Crippen molar-refractivity contribution < 1.29 is 9.47 Å². The molecule has 94 valence electrons. The second-order valence-corrected chi connectivity index (χ2v) is 5.14. The molecule has 0 atom stereocenters. The first-order valence-corrected chi connectivity index (χ1v) is 6.64. The van der Waals surface area contributed by atoms with E-state index in [1.165, 1.54) is 0 Å². The van der Waals surface area contributed by atoms with Gasteiger partial charge in [0, 0.05) is 18.0 Å². The van der Waals surface area contributed by atoms with Crippen LogP contribution in [-0.2, 0) is 0 Å². The van der Waals surface area contributed by atoms with E-state index in [0.717, 1.165) is 32.9 Å². The number of hydrogen-bond acceptors (Lipinski definition) is 3. The summed E-state index contributed by atoms with van der Waals surface area (Å²) in [5.74, 6) is 1.56. The van der Waals surface area contributed by atoms with Crippen molar-refractivity contribution in [1.29, 1.82) is 0 Å². The van der Waals surface area contributed by atoms with Crippen LogP contribution in [0, 0.1) is 0 Å². The van der Waals surface area contributed by atoms with E-state index in [4.69, 9.17) is 9.47 Å². The lowest BCUT2D eigenvalue weighted by Crippen LogP contribution is -1.92. The number of pyridine rings is 1. The summed E-state index contributed by atoms with van der Waals surface area (Å²) in [6, 6.07) is 9.81. The second-order valence-electron chi connectivity index (χ2n) is 4.28. The summed E-state index contributed by atoms with van der Waals surface area (Å²) >= 11 is 3.50. The predicted octanol–water partition coefficient (Wildman–Crippen LogP) is 3.49. The van der Waals surface area contributed by atoms with Gasteiger partial charge in [0.15, 0.2) is 17.1 Å². The molecule has 2 aromatic heterocycles. The Bertz CT molecular complexity index is 782. The van der Waals surface area contributed by atoms with Gasteiger partial charge >= 0.3 is 0 Å². The Balaban J connectivity index is 1.88. The number of aromatic nitrogens is 2. The van der Waals surface area contributed by atoms with Crippen molar-refractivity contribution in [2.75, 3.05) is 6.79 Å². The molecule has 0 spiro atoms. The second kappa shape index (κ2) is 3.99. The van der Waals surface area contributed by atoms with E-state index in [1.807, 2.05) is 47.1 Å². The zero-order chi connectivity index (χ0) is 12.8. The SMILES string of the molecule is Brc1cccn2cc(-c3ccc4c(c3)OCO4)nc12. The maximum Gasteiger partial charge on any atom is 0.231 e. The number of benzene rings is 1. The molecule has 0 aliphatic carbocycles. The minimum absolute atomic E-state index is 0.287. The summed E-state index contributed by atoms with van der Waals surface area (Å²) < 4.78 is 13.7. The zero-order valence-electron chi connectivity index (χ0n) is 9.84. The lowest BCUT2D eigenvalue weighted by atomic mass is 10.1. The van der Waals surface area contributed by atoms with Crippen molar-refractivity contribution in [2.45, 2.75) is 0 Å². The van der Waals surface area contributed by atoms with Crippen LogP contribution in [0.25, 0.3) is 16.9 Å². The Labute approximate surface area is 117 Å². The number of fused-ring (bicyclic) bond motifs is 2. The van der Waals surface area contributed by atoms with Crippen LogP contribution in [0.4, 0.5) is 0 Å². The molecule has 0 bridgehead atoms. The minimum Gasteiger partial charge on any atom is -0.454 e. The molecule has 0 fully saturated rings. The summed E-state index contributed by atoms with van der Waals surface area (Å²) in [6.07, 6.45) is 3.97. The van der Waals surface area contributed by atoms with Crippen LogP contribution in [0.15, 0.2) is 47.2 Å². The van der Waals surface area contributed by atoms with Gasteiger partial charge in [-0.15, -0.1) is 0 Å². The predicted molar refractivity (Wildman–Crippen MR) is 74.5 cm³/mol. The van der Waals surface area contributed by atoms with E-state index in [-0.39, 0.29) is 6.79 Å². The highest BCUT2D eigenvalue weighted by Crippen LogP contribution is 2.35. The molecule has 3 heterocycles. The summed E-state index contributed by atoms with van der Waals surface area (Å²) in [5, 5.41) is 0. The molecule has 0 unspecified atom stereocenters. The van der Waals surface area contributed by atoms with Gasteiger partial charge in [-0.1, -0.05) is 0 Å². The largest absolute Gasteiger partial charge is 0.454 e. The highest BCUT2D eigenvalue weighted by atomic mass is 79.9. The highest BCUT2D eigenvalue weighted by molar-refractivity contribution is 9.10. The van der Waals surface area contributed by atoms with E-state index in [1.54, 1.807) is 0 Å². The fourth-order valence-corrected chi connectivity index (χ4v) is 2.62. The van der Waals surface area contributed by atoms with Gasteiger partial charge in [-0.2, -0.15) is 0 Å². The van der Waals surface area contributed by atoms with E-state index < -0.39 is 0 Å². The monoisotopic (exact) mass is 316 g/mol. The van der Waals surface area contributed by atoms with E-state index >= 15 is 0 Å².